The van der Waals surface area contributed by atoms with Crippen LogP contribution in [0.2, 0.25) is 0 Å². The van der Waals surface area contributed by atoms with Gasteiger partial charge < -0.3 is 14.6 Å². The number of methoxy groups -OCH3 is 1. The second kappa shape index (κ2) is 6.52. The van der Waals surface area contributed by atoms with Crippen LogP contribution in [0.5, 0.6) is 0 Å². The van der Waals surface area contributed by atoms with Crippen molar-refractivity contribution in [3.63, 3.8) is 0 Å². The molecule has 18 heavy (non-hydrogen) atoms. The number of nitrogens with one attached hydrogen (secondary N) is 1. The van der Waals surface area contributed by atoms with Gasteiger partial charge in [0, 0.05) is 43.9 Å². The molecule has 1 N–H and O–H groups in total. The minimum Gasteiger partial charge on any atom is -0.385 e. The van der Waals surface area contributed by atoms with Gasteiger partial charge in [0.05, 0.1) is 0 Å². The Bertz CT molecular complexity index is 495. The van der Waals surface area contributed by atoms with E-state index in [9.17, 15) is 4.39 Å². The van der Waals surface area contributed by atoms with Gasteiger partial charge in [-0.2, -0.15) is 0 Å². The SMILES string of the molecule is COCCCNCCn1ccc2cc(F)ccc21. The first-order valence-corrected chi connectivity index (χ1v) is 6.25. The number of hydrogen-bond acceptors (Lipinski definition) is 2. The van der Waals surface area contributed by atoms with Gasteiger partial charge >= 0.3 is 0 Å². The summed E-state index contributed by atoms with van der Waals surface area (Å²) in [6.45, 7) is 3.55. The van der Waals surface area contributed by atoms with Crippen molar-refractivity contribution in [3.05, 3.63) is 36.3 Å². The van der Waals surface area contributed by atoms with Crippen molar-refractivity contribution < 1.29 is 9.13 Å². The number of rotatable bonds is 7. The highest BCUT2D eigenvalue weighted by molar-refractivity contribution is 5.80. The van der Waals surface area contributed by atoms with Crippen molar-refractivity contribution >= 4 is 10.9 Å². The van der Waals surface area contributed by atoms with Crippen LogP contribution in [0, 0.1) is 5.82 Å². The molecule has 0 radical (unpaired) electrons. The van der Waals surface area contributed by atoms with Crippen molar-refractivity contribution in [1.82, 2.24) is 9.88 Å². The lowest BCUT2D eigenvalue weighted by Gasteiger charge is -2.07. The average Bonchev–Trinajstić information content (AvgIpc) is 2.76. The van der Waals surface area contributed by atoms with Gasteiger partial charge in [0.2, 0.25) is 0 Å². The Morgan fingerprint density at radius 3 is 3.00 bits per heavy atom. The van der Waals surface area contributed by atoms with E-state index in [1.807, 2.05) is 18.3 Å². The minimum atomic E-state index is -0.182. The van der Waals surface area contributed by atoms with E-state index in [1.165, 1.54) is 6.07 Å². The molecular formula is C14H19FN2O. The molecule has 3 nitrogen and oxygen atoms in total. The molecule has 1 aromatic carbocycles. The summed E-state index contributed by atoms with van der Waals surface area (Å²) < 4.78 is 20.2. The molecule has 0 atom stereocenters. The summed E-state index contributed by atoms with van der Waals surface area (Å²) >= 11 is 0. The van der Waals surface area contributed by atoms with Crippen LogP contribution in [0.25, 0.3) is 10.9 Å². The molecule has 0 fully saturated rings. The van der Waals surface area contributed by atoms with E-state index in [1.54, 1.807) is 13.2 Å². The van der Waals surface area contributed by atoms with Gasteiger partial charge in [0.15, 0.2) is 0 Å². The normalized spacial score (nSPS) is 11.2. The maximum Gasteiger partial charge on any atom is 0.123 e. The van der Waals surface area contributed by atoms with Crippen LogP contribution in [0.15, 0.2) is 30.5 Å². The third-order valence-electron chi connectivity index (χ3n) is 2.96. The summed E-state index contributed by atoms with van der Waals surface area (Å²) in [6.07, 6.45) is 3.02. The molecule has 1 aromatic heterocycles. The summed E-state index contributed by atoms with van der Waals surface area (Å²) in [6, 6.07) is 6.85. The van der Waals surface area contributed by atoms with Crippen LogP contribution < -0.4 is 5.32 Å². The quantitative estimate of drug-likeness (QED) is 0.764. The molecule has 0 spiro atoms. The number of hydrogen-bond donors (Lipinski definition) is 1. The number of aromatic nitrogens is 1. The van der Waals surface area contributed by atoms with E-state index in [-0.39, 0.29) is 5.82 Å². The number of ether oxygens (including phenoxy) is 1. The van der Waals surface area contributed by atoms with Crippen molar-refractivity contribution in [2.45, 2.75) is 13.0 Å². The molecule has 0 unspecified atom stereocenters. The fraction of sp³-hybridized carbons (Fsp3) is 0.429. The van der Waals surface area contributed by atoms with Crippen LogP contribution >= 0.6 is 0 Å². The van der Waals surface area contributed by atoms with Crippen LogP contribution in [0.4, 0.5) is 4.39 Å². The third-order valence-corrected chi connectivity index (χ3v) is 2.96. The highest BCUT2D eigenvalue weighted by Crippen LogP contribution is 2.16. The van der Waals surface area contributed by atoms with Crippen molar-refractivity contribution in [3.8, 4) is 0 Å². The van der Waals surface area contributed by atoms with Gasteiger partial charge in [0.25, 0.3) is 0 Å². The molecule has 2 rings (SSSR count). The van der Waals surface area contributed by atoms with E-state index in [2.05, 4.69) is 9.88 Å². The first-order valence-electron chi connectivity index (χ1n) is 6.25. The van der Waals surface area contributed by atoms with E-state index < -0.39 is 0 Å². The minimum absolute atomic E-state index is 0.182. The van der Waals surface area contributed by atoms with Crippen molar-refractivity contribution in [1.29, 1.82) is 0 Å². The molecule has 0 aliphatic heterocycles. The fourth-order valence-electron chi connectivity index (χ4n) is 2.03. The Kier molecular flexibility index (Phi) is 4.73. The number of halogens is 1. The third kappa shape index (κ3) is 3.31. The molecule has 0 bridgehead atoms. The zero-order chi connectivity index (χ0) is 12.8. The summed E-state index contributed by atoms with van der Waals surface area (Å²) in [5.41, 5.74) is 1.08. The zero-order valence-electron chi connectivity index (χ0n) is 10.7. The molecule has 4 heteroatoms. The molecule has 98 valence electrons. The van der Waals surface area contributed by atoms with Crippen LogP contribution in [-0.2, 0) is 11.3 Å². The monoisotopic (exact) mass is 250 g/mol. The predicted octanol–water partition coefficient (Wildman–Crippen LogP) is 2.41. The van der Waals surface area contributed by atoms with Crippen LogP contribution in [0.1, 0.15) is 6.42 Å². The van der Waals surface area contributed by atoms with Crippen molar-refractivity contribution in [2.75, 3.05) is 26.8 Å². The Balaban J connectivity index is 1.84. The van der Waals surface area contributed by atoms with E-state index >= 15 is 0 Å². The summed E-state index contributed by atoms with van der Waals surface area (Å²) in [5, 5.41) is 4.31. The molecule has 0 amide bonds. The summed E-state index contributed by atoms with van der Waals surface area (Å²) in [4.78, 5) is 0. The lowest BCUT2D eigenvalue weighted by Crippen LogP contribution is -2.21. The maximum atomic E-state index is 13.0. The molecule has 0 aliphatic carbocycles. The average molecular weight is 250 g/mol. The highest BCUT2D eigenvalue weighted by Gasteiger charge is 2.01. The van der Waals surface area contributed by atoms with Crippen LogP contribution in [-0.4, -0.2) is 31.4 Å². The smallest absolute Gasteiger partial charge is 0.123 e. The predicted molar refractivity (Wildman–Crippen MR) is 71.3 cm³/mol. The lowest BCUT2D eigenvalue weighted by atomic mass is 10.2. The van der Waals surface area contributed by atoms with Gasteiger partial charge in [-0.3, -0.25) is 0 Å². The largest absolute Gasteiger partial charge is 0.385 e. The van der Waals surface area contributed by atoms with E-state index in [4.69, 9.17) is 4.74 Å². The molecule has 0 aliphatic rings. The van der Waals surface area contributed by atoms with Gasteiger partial charge in [-0.05, 0) is 37.2 Å². The number of nitrogens with zero attached hydrogens (tertiary/aromatic N) is 1. The Labute approximate surface area is 107 Å². The summed E-state index contributed by atoms with van der Waals surface area (Å²) in [7, 11) is 1.71. The highest BCUT2D eigenvalue weighted by atomic mass is 19.1. The Morgan fingerprint density at radius 2 is 2.17 bits per heavy atom. The topological polar surface area (TPSA) is 26.2 Å². The van der Waals surface area contributed by atoms with Gasteiger partial charge in [-0.25, -0.2) is 4.39 Å². The van der Waals surface area contributed by atoms with E-state index in [0.29, 0.717) is 0 Å². The first-order chi connectivity index (χ1) is 8.81. The Hall–Kier alpha value is -1.39. The second-order valence-corrected chi connectivity index (χ2v) is 4.31. The van der Waals surface area contributed by atoms with Gasteiger partial charge in [-0.1, -0.05) is 0 Å². The number of fused-ring (bicyclic) bond motifs is 1. The number of benzene rings is 1. The van der Waals surface area contributed by atoms with Gasteiger partial charge in [0.1, 0.15) is 5.82 Å². The zero-order valence-corrected chi connectivity index (χ0v) is 10.7. The lowest BCUT2D eigenvalue weighted by molar-refractivity contribution is 0.194. The molecule has 0 saturated heterocycles. The van der Waals surface area contributed by atoms with E-state index in [0.717, 1.165) is 43.6 Å². The van der Waals surface area contributed by atoms with Gasteiger partial charge in [-0.15, -0.1) is 0 Å². The molecule has 2 aromatic rings. The second-order valence-electron chi connectivity index (χ2n) is 4.31. The maximum absolute atomic E-state index is 13.0. The van der Waals surface area contributed by atoms with Crippen LogP contribution in [0.3, 0.4) is 0 Å². The summed E-state index contributed by atoms with van der Waals surface area (Å²) in [5.74, 6) is -0.182. The standard InChI is InChI=1S/C14H19FN2O/c1-18-10-2-6-16-7-9-17-8-5-12-11-13(15)3-4-14(12)17/h3-5,8,11,16H,2,6-7,9-10H2,1H3. The van der Waals surface area contributed by atoms with Crippen molar-refractivity contribution in [2.24, 2.45) is 0 Å². The Morgan fingerprint density at radius 1 is 1.28 bits per heavy atom. The molecule has 0 saturated carbocycles. The molecular weight excluding hydrogens is 231 g/mol. The molecule has 1 heterocycles. The first kappa shape index (κ1) is 13.1. The fourth-order valence-corrected chi connectivity index (χ4v) is 2.03.